The van der Waals surface area contributed by atoms with Crippen molar-refractivity contribution in [1.82, 2.24) is 9.03 Å². The number of nitrogens with zero attached hydrogens (tertiary/aromatic N) is 1. The van der Waals surface area contributed by atoms with Crippen LogP contribution in [-0.4, -0.2) is 38.9 Å². The van der Waals surface area contributed by atoms with Gasteiger partial charge in [-0.25, -0.2) is 4.72 Å². The summed E-state index contributed by atoms with van der Waals surface area (Å²) in [6.07, 6.45) is 4.15. The Balaban J connectivity index is 2.72. The van der Waals surface area contributed by atoms with Gasteiger partial charge in [0.05, 0.1) is 0 Å². The first-order valence-corrected chi connectivity index (χ1v) is 6.46. The standard InChI is InChI=1S/C8H19N3O2S/c1-10-14(12,13)11(7-6-9)8-4-2-3-5-8/h8,10H,2-7,9H2,1H3. The third kappa shape index (κ3) is 2.66. The van der Waals surface area contributed by atoms with Crippen molar-refractivity contribution in [3.8, 4) is 0 Å². The van der Waals surface area contributed by atoms with Crippen LogP contribution in [0.4, 0.5) is 0 Å². The van der Waals surface area contributed by atoms with Gasteiger partial charge in [-0.05, 0) is 12.8 Å². The Morgan fingerprint density at radius 3 is 2.43 bits per heavy atom. The number of rotatable bonds is 5. The third-order valence-corrected chi connectivity index (χ3v) is 4.26. The van der Waals surface area contributed by atoms with Crippen molar-refractivity contribution in [3.63, 3.8) is 0 Å². The third-order valence-electron chi connectivity index (χ3n) is 2.65. The smallest absolute Gasteiger partial charge is 0.279 e. The fourth-order valence-electron chi connectivity index (χ4n) is 1.94. The van der Waals surface area contributed by atoms with E-state index in [0.717, 1.165) is 25.7 Å². The predicted molar refractivity (Wildman–Crippen MR) is 56.0 cm³/mol. The average molecular weight is 221 g/mol. The molecule has 0 atom stereocenters. The summed E-state index contributed by atoms with van der Waals surface area (Å²) in [5, 5.41) is 0. The van der Waals surface area contributed by atoms with Gasteiger partial charge in [0.15, 0.2) is 0 Å². The van der Waals surface area contributed by atoms with Crippen LogP contribution in [0.15, 0.2) is 0 Å². The summed E-state index contributed by atoms with van der Waals surface area (Å²) in [5.74, 6) is 0. The van der Waals surface area contributed by atoms with E-state index in [1.807, 2.05) is 0 Å². The minimum Gasteiger partial charge on any atom is -0.329 e. The first kappa shape index (κ1) is 11.9. The van der Waals surface area contributed by atoms with Crippen LogP contribution < -0.4 is 10.5 Å². The van der Waals surface area contributed by atoms with Gasteiger partial charge < -0.3 is 5.73 Å². The molecule has 0 radical (unpaired) electrons. The zero-order valence-corrected chi connectivity index (χ0v) is 9.39. The molecule has 0 saturated heterocycles. The van der Waals surface area contributed by atoms with Gasteiger partial charge >= 0.3 is 0 Å². The summed E-state index contributed by atoms with van der Waals surface area (Å²) in [7, 11) is -1.86. The maximum Gasteiger partial charge on any atom is 0.279 e. The molecule has 1 aliphatic rings. The fourth-order valence-corrected chi connectivity index (χ4v) is 3.12. The van der Waals surface area contributed by atoms with Crippen LogP contribution in [0, 0.1) is 0 Å². The first-order valence-electron chi connectivity index (χ1n) is 5.02. The molecule has 0 aromatic heterocycles. The largest absolute Gasteiger partial charge is 0.329 e. The van der Waals surface area contributed by atoms with Crippen LogP contribution in [0.25, 0.3) is 0 Å². The van der Waals surface area contributed by atoms with Crippen molar-refractivity contribution in [2.45, 2.75) is 31.7 Å². The van der Waals surface area contributed by atoms with E-state index < -0.39 is 10.2 Å². The summed E-state index contributed by atoms with van der Waals surface area (Å²) >= 11 is 0. The molecule has 0 amide bonds. The van der Waals surface area contributed by atoms with Gasteiger partial charge in [-0.1, -0.05) is 12.8 Å². The lowest BCUT2D eigenvalue weighted by atomic mass is 10.2. The van der Waals surface area contributed by atoms with Gasteiger partial charge in [-0.2, -0.15) is 12.7 Å². The van der Waals surface area contributed by atoms with E-state index in [4.69, 9.17) is 5.73 Å². The Bertz CT molecular complexity index is 260. The highest BCUT2D eigenvalue weighted by Crippen LogP contribution is 2.24. The molecule has 5 nitrogen and oxygen atoms in total. The fraction of sp³-hybridized carbons (Fsp3) is 1.00. The van der Waals surface area contributed by atoms with Crippen LogP contribution in [0.1, 0.15) is 25.7 Å². The zero-order chi connectivity index (χ0) is 10.6. The lowest BCUT2D eigenvalue weighted by Crippen LogP contribution is -2.46. The second-order valence-electron chi connectivity index (χ2n) is 3.55. The van der Waals surface area contributed by atoms with Crippen LogP contribution in [-0.2, 0) is 10.2 Å². The molecule has 0 heterocycles. The Morgan fingerprint density at radius 2 is 2.00 bits per heavy atom. The SMILES string of the molecule is CNS(=O)(=O)N(CCN)C1CCCC1. The van der Waals surface area contributed by atoms with Gasteiger partial charge in [-0.15, -0.1) is 0 Å². The molecular weight excluding hydrogens is 202 g/mol. The molecule has 0 aliphatic heterocycles. The van der Waals surface area contributed by atoms with E-state index in [9.17, 15) is 8.42 Å². The summed E-state index contributed by atoms with van der Waals surface area (Å²) < 4.78 is 27.1. The average Bonchev–Trinajstić information content (AvgIpc) is 2.66. The van der Waals surface area contributed by atoms with E-state index >= 15 is 0 Å². The molecule has 0 unspecified atom stereocenters. The van der Waals surface area contributed by atoms with Gasteiger partial charge in [0, 0.05) is 26.2 Å². The van der Waals surface area contributed by atoms with Crippen molar-refractivity contribution >= 4 is 10.2 Å². The second kappa shape index (κ2) is 5.06. The normalized spacial score (nSPS) is 19.4. The molecule has 1 fully saturated rings. The van der Waals surface area contributed by atoms with Crippen molar-refractivity contribution in [1.29, 1.82) is 0 Å². The maximum atomic E-state index is 11.6. The van der Waals surface area contributed by atoms with Gasteiger partial charge in [0.1, 0.15) is 0 Å². The summed E-state index contributed by atoms with van der Waals surface area (Å²) in [5.41, 5.74) is 5.41. The number of nitrogens with two attached hydrogens (primary N) is 1. The highest BCUT2D eigenvalue weighted by atomic mass is 32.2. The molecule has 0 spiro atoms. The Labute approximate surface area is 85.8 Å². The monoisotopic (exact) mass is 221 g/mol. The summed E-state index contributed by atoms with van der Waals surface area (Å²) in [6, 6.07) is 0.149. The second-order valence-corrected chi connectivity index (χ2v) is 5.37. The van der Waals surface area contributed by atoms with Crippen molar-refractivity contribution in [3.05, 3.63) is 0 Å². The Morgan fingerprint density at radius 1 is 1.43 bits per heavy atom. The number of hydrogen-bond acceptors (Lipinski definition) is 3. The van der Waals surface area contributed by atoms with Crippen LogP contribution in [0.3, 0.4) is 0 Å². The zero-order valence-electron chi connectivity index (χ0n) is 8.57. The lowest BCUT2D eigenvalue weighted by molar-refractivity contribution is 0.325. The van der Waals surface area contributed by atoms with Crippen LogP contribution >= 0.6 is 0 Å². The topological polar surface area (TPSA) is 75.4 Å². The van der Waals surface area contributed by atoms with Gasteiger partial charge in [0.2, 0.25) is 0 Å². The van der Waals surface area contributed by atoms with Gasteiger partial charge in [-0.3, -0.25) is 0 Å². The molecule has 84 valence electrons. The van der Waals surface area contributed by atoms with Crippen LogP contribution in [0.2, 0.25) is 0 Å². The van der Waals surface area contributed by atoms with Crippen LogP contribution in [0.5, 0.6) is 0 Å². The van der Waals surface area contributed by atoms with Crippen molar-refractivity contribution < 1.29 is 8.42 Å². The lowest BCUT2D eigenvalue weighted by Gasteiger charge is -2.26. The molecule has 14 heavy (non-hydrogen) atoms. The first-order chi connectivity index (χ1) is 6.61. The molecule has 1 saturated carbocycles. The number of nitrogens with one attached hydrogen (secondary N) is 1. The van der Waals surface area contributed by atoms with E-state index in [1.54, 1.807) is 0 Å². The molecule has 0 aromatic rings. The van der Waals surface area contributed by atoms with Crippen molar-refractivity contribution in [2.24, 2.45) is 5.73 Å². The Kier molecular flexibility index (Phi) is 4.31. The van der Waals surface area contributed by atoms with E-state index in [1.165, 1.54) is 11.4 Å². The molecule has 0 aromatic carbocycles. The maximum absolute atomic E-state index is 11.6. The summed E-state index contributed by atoms with van der Waals surface area (Å²) in [6.45, 7) is 0.783. The minimum atomic E-state index is -3.30. The molecular formula is C8H19N3O2S. The Hall–Kier alpha value is -0.170. The van der Waals surface area contributed by atoms with E-state index in [2.05, 4.69) is 4.72 Å². The minimum absolute atomic E-state index is 0.149. The predicted octanol–water partition coefficient (Wildman–Crippen LogP) is -0.346. The highest BCUT2D eigenvalue weighted by molar-refractivity contribution is 7.87. The molecule has 1 aliphatic carbocycles. The molecule has 0 bridgehead atoms. The highest BCUT2D eigenvalue weighted by Gasteiger charge is 2.30. The molecule has 3 N–H and O–H groups in total. The van der Waals surface area contributed by atoms with E-state index in [0.29, 0.717) is 13.1 Å². The van der Waals surface area contributed by atoms with E-state index in [-0.39, 0.29) is 6.04 Å². The van der Waals surface area contributed by atoms with Gasteiger partial charge in [0.25, 0.3) is 10.2 Å². The molecule has 1 rings (SSSR count). The quantitative estimate of drug-likeness (QED) is 0.666. The molecule has 6 heteroatoms. The summed E-state index contributed by atoms with van der Waals surface area (Å²) in [4.78, 5) is 0. The number of hydrogen-bond donors (Lipinski definition) is 2. The van der Waals surface area contributed by atoms with Crippen molar-refractivity contribution in [2.75, 3.05) is 20.1 Å².